The van der Waals surface area contributed by atoms with Gasteiger partial charge in [-0.05, 0) is 0 Å². The standard InChI is InChI=1S/C3H3N3O3.3K.H2O/c7-1-4-2(8)6-3(9)5-1;;;;/h(H3,4,5,6,7,8,9);;;;1H2/q;3*+1;/p-3. The fourth-order valence-electron chi connectivity index (χ4n) is 0.320. The Morgan fingerprint density at radius 1 is 0.615 bits per heavy atom. The Bertz CT molecular complexity index is 187. The Morgan fingerprint density at radius 3 is 0.923 bits per heavy atom. The fraction of sp³-hybridized carbons (Fsp3) is 0. The summed E-state index contributed by atoms with van der Waals surface area (Å²) >= 11 is 0. The Hall–Kier alpha value is 3.28. The van der Waals surface area contributed by atoms with Gasteiger partial charge in [-0.15, -0.1) is 0 Å². The first kappa shape index (κ1) is 25.2. The van der Waals surface area contributed by atoms with Crippen LogP contribution in [-0.2, 0) is 0 Å². The molecule has 0 aliphatic heterocycles. The summed E-state index contributed by atoms with van der Waals surface area (Å²) in [5, 5.41) is 30.1. The van der Waals surface area contributed by atoms with Gasteiger partial charge in [0.05, 0.1) is 18.0 Å². The minimum absolute atomic E-state index is 0. The van der Waals surface area contributed by atoms with E-state index in [2.05, 4.69) is 15.0 Å². The van der Waals surface area contributed by atoms with Crippen LogP contribution in [0.2, 0.25) is 0 Å². The van der Waals surface area contributed by atoms with Crippen molar-refractivity contribution in [2.75, 3.05) is 0 Å². The number of aromatic nitrogens is 3. The molecular formula is C3H2K3N3O4. The molecule has 13 heavy (non-hydrogen) atoms. The zero-order valence-electron chi connectivity index (χ0n) is 7.57. The average Bonchev–Trinajstić information content (AvgIpc) is 1.59. The molecule has 1 aromatic rings. The molecule has 56 valence electrons. The second-order valence-electron chi connectivity index (χ2n) is 1.18. The van der Waals surface area contributed by atoms with Crippen molar-refractivity contribution in [3.05, 3.63) is 0 Å². The molecule has 0 bridgehead atoms. The molecule has 0 spiro atoms. The topological polar surface area (TPSA) is 139 Å². The average molecular weight is 261 g/mol. The summed E-state index contributed by atoms with van der Waals surface area (Å²) < 4.78 is 0. The van der Waals surface area contributed by atoms with Crippen LogP contribution in [0, 0.1) is 0 Å². The van der Waals surface area contributed by atoms with Crippen molar-refractivity contribution in [2.24, 2.45) is 0 Å². The van der Waals surface area contributed by atoms with Crippen molar-refractivity contribution >= 4 is 0 Å². The predicted molar refractivity (Wildman–Crippen MR) is 21.8 cm³/mol. The minimum Gasteiger partial charge on any atom is -0.844 e. The van der Waals surface area contributed by atoms with Gasteiger partial charge in [-0.2, -0.15) is 0 Å². The minimum atomic E-state index is -1.08. The number of nitrogens with zero attached hydrogens (tertiary/aromatic N) is 3. The van der Waals surface area contributed by atoms with Crippen molar-refractivity contribution < 1.29 is 175 Å². The van der Waals surface area contributed by atoms with Crippen LogP contribution in [-0.4, -0.2) is 20.4 Å². The van der Waals surface area contributed by atoms with E-state index in [0.717, 1.165) is 0 Å². The van der Waals surface area contributed by atoms with Crippen LogP contribution in [0.25, 0.3) is 0 Å². The van der Waals surface area contributed by atoms with E-state index in [1.807, 2.05) is 0 Å². The van der Waals surface area contributed by atoms with E-state index in [4.69, 9.17) is 0 Å². The first-order valence-corrected chi connectivity index (χ1v) is 1.95. The molecule has 1 heterocycles. The molecule has 0 saturated carbocycles. The zero-order valence-corrected chi connectivity index (χ0v) is 16.9. The molecule has 0 saturated heterocycles. The maximum Gasteiger partial charge on any atom is 1.00 e. The van der Waals surface area contributed by atoms with Gasteiger partial charge in [-0.3, -0.25) is 0 Å². The molecule has 10 heteroatoms. The summed E-state index contributed by atoms with van der Waals surface area (Å²) in [5.41, 5.74) is 0. The summed E-state index contributed by atoms with van der Waals surface area (Å²) in [5.74, 6) is 0. The largest absolute Gasteiger partial charge is 1.00 e. The summed E-state index contributed by atoms with van der Waals surface area (Å²) in [6.45, 7) is 0. The third kappa shape index (κ3) is 11.5. The monoisotopic (exact) mass is 261 g/mol. The molecule has 0 amide bonds. The van der Waals surface area contributed by atoms with Crippen LogP contribution < -0.4 is 169 Å². The molecular weight excluding hydrogens is 259 g/mol. The molecule has 7 nitrogen and oxygen atoms in total. The number of hydrogen-bond acceptors (Lipinski definition) is 6. The second kappa shape index (κ2) is 13.3. The van der Waals surface area contributed by atoms with Crippen LogP contribution in [0.3, 0.4) is 0 Å². The summed E-state index contributed by atoms with van der Waals surface area (Å²) in [6, 6.07) is -3.25. The Morgan fingerprint density at radius 2 is 0.769 bits per heavy atom. The van der Waals surface area contributed by atoms with E-state index in [1.54, 1.807) is 0 Å². The third-order valence-corrected chi connectivity index (χ3v) is 0.574. The van der Waals surface area contributed by atoms with Gasteiger partial charge in [0.2, 0.25) is 0 Å². The zero-order chi connectivity index (χ0) is 6.85. The molecule has 0 aliphatic rings. The summed E-state index contributed by atoms with van der Waals surface area (Å²) in [7, 11) is 0. The van der Waals surface area contributed by atoms with E-state index in [1.165, 1.54) is 0 Å². The van der Waals surface area contributed by atoms with Crippen molar-refractivity contribution in [1.29, 1.82) is 0 Å². The fourth-order valence-corrected chi connectivity index (χ4v) is 0.320. The number of hydrogen-bond donors (Lipinski definition) is 0. The normalized spacial score (nSPS) is 6.46. The van der Waals surface area contributed by atoms with Crippen LogP contribution in [0.1, 0.15) is 0 Å². The van der Waals surface area contributed by atoms with Gasteiger partial charge in [0, 0.05) is 0 Å². The van der Waals surface area contributed by atoms with Gasteiger partial charge < -0.3 is 20.8 Å². The Labute approximate surface area is 202 Å². The second-order valence-corrected chi connectivity index (χ2v) is 1.18. The van der Waals surface area contributed by atoms with Gasteiger partial charge in [0.1, 0.15) is 0 Å². The smallest absolute Gasteiger partial charge is 0.844 e. The van der Waals surface area contributed by atoms with Gasteiger partial charge in [0.25, 0.3) is 0 Å². The van der Waals surface area contributed by atoms with Crippen molar-refractivity contribution in [3.63, 3.8) is 0 Å². The van der Waals surface area contributed by atoms with Gasteiger partial charge >= 0.3 is 154 Å². The Kier molecular flexibility index (Phi) is 25.9. The van der Waals surface area contributed by atoms with Crippen LogP contribution in [0.15, 0.2) is 0 Å². The van der Waals surface area contributed by atoms with Crippen molar-refractivity contribution in [3.8, 4) is 18.0 Å². The predicted octanol–water partition coefficient (Wildman–Crippen LogP) is -12.7. The molecule has 0 fully saturated rings. The molecule has 0 atom stereocenters. The van der Waals surface area contributed by atoms with Crippen molar-refractivity contribution in [2.45, 2.75) is 0 Å². The maximum atomic E-state index is 10.0. The Balaban J connectivity index is -0.000000101. The molecule has 0 radical (unpaired) electrons. The van der Waals surface area contributed by atoms with Crippen LogP contribution in [0.4, 0.5) is 0 Å². The van der Waals surface area contributed by atoms with Crippen LogP contribution in [0.5, 0.6) is 18.0 Å². The van der Waals surface area contributed by atoms with Gasteiger partial charge in [-0.1, -0.05) is 0 Å². The first-order chi connectivity index (χ1) is 4.18. The SMILES string of the molecule is O.[K+].[K+].[K+].[O-]c1nc([O-])nc([O-])n1. The first-order valence-electron chi connectivity index (χ1n) is 1.95. The molecule has 2 N–H and O–H groups in total. The molecule has 1 aromatic heterocycles. The van der Waals surface area contributed by atoms with E-state index in [0.29, 0.717) is 0 Å². The van der Waals surface area contributed by atoms with Crippen molar-refractivity contribution in [1.82, 2.24) is 15.0 Å². The molecule has 1 rings (SSSR count). The molecule has 0 unspecified atom stereocenters. The quantitative estimate of drug-likeness (QED) is 0.425. The summed E-state index contributed by atoms with van der Waals surface area (Å²) in [4.78, 5) is 8.10. The van der Waals surface area contributed by atoms with E-state index in [-0.39, 0.29) is 160 Å². The molecule has 0 aliphatic carbocycles. The van der Waals surface area contributed by atoms with Gasteiger partial charge in [-0.25, -0.2) is 15.0 Å². The number of rotatable bonds is 0. The molecule has 0 aromatic carbocycles. The van der Waals surface area contributed by atoms with E-state index in [9.17, 15) is 15.3 Å². The van der Waals surface area contributed by atoms with Crippen LogP contribution >= 0.6 is 0 Å². The van der Waals surface area contributed by atoms with E-state index >= 15 is 0 Å². The maximum absolute atomic E-state index is 10.0. The summed E-state index contributed by atoms with van der Waals surface area (Å²) in [6.07, 6.45) is 0. The van der Waals surface area contributed by atoms with Gasteiger partial charge in [0.15, 0.2) is 0 Å². The van der Waals surface area contributed by atoms with E-state index < -0.39 is 18.0 Å². The third-order valence-electron chi connectivity index (χ3n) is 0.574.